The molecule has 1 aliphatic rings. The van der Waals surface area contributed by atoms with E-state index in [1.54, 1.807) is 13.1 Å². The van der Waals surface area contributed by atoms with Crippen molar-refractivity contribution in [2.24, 2.45) is 7.05 Å². The Morgan fingerprint density at radius 2 is 2.09 bits per heavy atom. The van der Waals surface area contributed by atoms with Crippen LogP contribution in [0, 0.1) is 11.3 Å². The predicted octanol–water partition coefficient (Wildman–Crippen LogP) is 2.02. The number of aryl methyl sites for hydroxylation is 2. The minimum Gasteiger partial charge on any atom is -0.263 e. The third-order valence-corrected chi connectivity index (χ3v) is 5.12. The van der Waals surface area contributed by atoms with E-state index in [4.69, 9.17) is 5.26 Å². The van der Waals surface area contributed by atoms with Crippen LogP contribution in [-0.4, -0.2) is 18.2 Å². The Morgan fingerprint density at radius 3 is 2.86 bits per heavy atom. The molecule has 0 aliphatic heterocycles. The molecule has 0 amide bonds. The number of nitriles is 1. The van der Waals surface area contributed by atoms with Gasteiger partial charge in [-0.2, -0.15) is 10.4 Å². The van der Waals surface area contributed by atoms with Gasteiger partial charge in [-0.15, -0.1) is 0 Å². The molecule has 2 aromatic rings. The average molecular weight is 314 g/mol. The minimum atomic E-state index is -3.70. The van der Waals surface area contributed by atoms with Gasteiger partial charge in [0, 0.05) is 7.05 Å². The van der Waals surface area contributed by atoms with Crippen molar-refractivity contribution in [3.05, 3.63) is 52.1 Å². The Hall–Kier alpha value is -2.59. The number of anilines is 1. The lowest BCUT2D eigenvalue weighted by Gasteiger charge is -2.17. The summed E-state index contributed by atoms with van der Waals surface area (Å²) in [4.78, 5) is 0.316. The van der Waals surface area contributed by atoms with Gasteiger partial charge in [0.25, 0.3) is 10.0 Å². The van der Waals surface area contributed by atoms with E-state index in [-0.39, 0.29) is 11.4 Å². The normalized spacial score (nSPS) is 13.9. The molecule has 0 saturated heterocycles. The highest BCUT2D eigenvalue weighted by Crippen LogP contribution is 2.28. The van der Waals surface area contributed by atoms with Gasteiger partial charge in [-0.1, -0.05) is 24.3 Å². The Labute approximate surface area is 128 Å². The zero-order valence-electron chi connectivity index (χ0n) is 11.9. The maximum Gasteiger partial charge on any atom is 0.259 e. The van der Waals surface area contributed by atoms with Crippen molar-refractivity contribution in [2.45, 2.75) is 12.8 Å². The number of hydrogen-bond donors (Lipinski definition) is 1. The van der Waals surface area contributed by atoms with Crippen LogP contribution in [0.15, 0.2) is 35.4 Å². The van der Waals surface area contributed by atoms with Crippen LogP contribution >= 0.6 is 0 Å². The molecule has 1 N–H and O–H groups in total. The number of nitrogens with zero attached hydrogens (tertiary/aromatic N) is 3. The van der Waals surface area contributed by atoms with E-state index in [1.807, 2.05) is 30.3 Å². The Morgan fingerprint density at radius 1 is 1.32 bits per heavy atom. The first-order valence-electron chi connectivity index (χ1n) is 6.74. The quantitative estimate of drug-likeness (QED) is 0.939. The highest BCUT2D eigenvalue weighted by Gasteiger charge is 2.24. The molecular weight excluding hydrogens is 300 g/mol. The summed E-state index contributed by atoms with van der Waals surface area (Å²) in [6, 6.07) is 9.65. The number of allylic oxidation sites excluding steroid dienone is 1. The fourth-order valence-corrected chi connectivity index (χ4v) is 3.73. The first-order chi connectivity index (χ1) is 10.5. The molecule has 0 unspecified atom stereocenters. The van der Waals surface area contributed by atoms with Gasteiger partial charge in [0.15, 0.2) is 5.82 Å². The number of nitrogens with one attached hydrogen (secondary N) is 1. The van der Waals surface area contributed by atoms with Gasteiger partial charge < -0.3 is 0 Å². The SMILES string of the molecule is Cn1ncc(C#N)c1NS(=O)(=O)C1=Cc2ccccc2CC1. The van der Waals surface area contributed by atoms with E-state index in [9.17, 15) is 8.42 Å². The number of benzene rings is 1. The first kappa shape index (κ1) is 14.4. The summed E-state index contributed by atoms with van der Waals surface area (Å²) in [5.74, 6) is 0.183. The monoisotopic (exact) mass is 314 g/mol. The largest absolute Gasteiger partial charge is 0.263 e. The van der Waals surface area contributed by atoms with Crippen molar-refractivity contribution in [3.8, 4) is 6.07 Å². The Bertz CT molecular complexity index is 904. The van der Waals surface area contributed by atoms with Crippen molar-refractivity contribution in [2.75, 3.05) is 4.72 Å². The second-order valence-corrected chi connectivity index (χ2v) is 6.79. The standard InChI is InChI=1S/C15H14N4O2S/c1-19-15(13(9-16)10-17-19)18-22(20,21)14-7-6-11-4-2-3-5-12(11)8-14/h2-5,8,10,18H,6-7H2,1H3. The number of sulfonamides is 1. The topological polar surface area (TPSA) is 87.8 Å². The van der Waals surface area contributed by atoms with Gasteiger partial charge in [-0.3, -0.25) is 9.40 Å². The van der Waals surface area contributed by atoms with E-state index in [1.165, 1.54) is 10.9 Å². The molecule has 1 aliphatic carbocycles. The molecule has 0 atom stereocenters. The summed E-state index contributed by atoms with van der Waals surface area (Å²) in [6.45, 7) is 0. The molecule has 1 heterocycles. The molecule has 6 nitrogen and oxygen atoms in total. The van der Waals surface area contributed by atoms with Crippen molar-refractivity contribution < 1.29 is 8.42 Å². The van der Waals surface area contributed by atoms with Crippen LogP contribution in [0.5, 0.6) is 0 Å². The van der Waals surface area contributed by atoms with E-state index in [0.29, 0.717) is 17.7 Å². The van der Waals surface area contributed by atoms with Crippen LogP contribution in [-0.2, 0) is 23.5 Å². The van der Waals surface area contributed by atoms with Crippen molar-refractivity contribution in [3.63, 3.8) is 0 Å². The predicted molar refractivity (Wildman–Crippen MR) is 83.2 cm³/mol. The van der Waals surface area contributed by atoms with Gasteiger partial charge in [0.2, 0.25) is 0 Å². The zero-order valence-corrected chi connectivity index (χ0v) is 12.8. The summed E-state index contributed by atoms with van der Waals surface area (Å²) in [7, 11) is -2.12. The smallest absolute Gasteiger partial charge is 0.259 e. The van der Waals surface area contributed by atoms with E-state index in [2.05, 4.69) is 9.82 Å². The molecular formula is C15H14N4O2S. The third-order valence-electron chi connectivity index (χ3n) is 3.65. The fourth-order valence-electron chi connectivity index (χ4n) is 2.45. The molecule has 1 aromatic carbocycles. The van der Waals surface area contributed by atoms with Crippen molar-refractivity contribution in [1.29, 1.82) is 5.26 Å². The minimum absolute atomic E-state index is 0.183. The van der Waals surface area contributed by atoms with E-state index < -0.39 is 10.0 Å². The second-order valence-electron chi connectivity index (χ2n) is 5.06. The molecule has 0 saturated carbocycles. The summed E-state index contributed by atoms with van der Waals surface area (Å²) in [5, 5.41) is 12.9. The van der Waals surface area contributed by atoms with Crippen molar-refractivity contribution >= 4 is 21.9 Å². The van der Waals surface area contributed by atoms with Gasteiger partial charge in [-0.25, -0.2) is 8.42 Å². The van der Waals surface area contributed by atoms with Crippen LogP contribution in [0.3, 0.4) is 0 Å². The van der Waals surface area contributed by atoms with Gasteiger partial charge in [0.05, 0.1) is 11.1 Å². The molecule has 0 bridgehead atoms. The lowest BCUT2D eigenvalue weighted by Crippen LogP contribution is -2.19. The van der Waals surface area contributed by atoms with Gasteiger partial charge in [0.1, 0.15) is 11.6 Å². The maximum atomic E-state index is 12.6. The molecule has 0 fully saturated rings. The van der Waals surface area contributed by atoms with Crippen LogP contribution < -0.4 is 4.72 Å². The summed E-state index contributed by atoms with van der Waals surface area (Å²) in [5.41, 5.74) is 2.25. The highest BCUT2D eigenvalue weighted by atomic mass is 32.2. The zero-order chi connectivity index (χ0) is 15.7. The van der Waals surface area contributed by atoms with Crippen LogP contribution in [0.1, 0.15) is 23.1 Å². The second kappa shape index (κ2) is 5.31. The Balaban J connectivity index is 1.97. The van der Waals surface area contributed by atoms with Crippen molar-refractivity contribution in [1.82, 2.24) is 9.78 Å². The molecule has 22 heavy (non-hydrogen) atoms. The summed E-state index contributed by atoms with van der Waals surface area (Å²) in [6.07, 6.45) is 4.14. The van der Waals surface area contributed by atoms with Crippen LogP contribution in [0.25, 0.3) is 6.08 Å². The lowest BCUT2D eigenvalue weighted by molar-refractivity contribution is 0.604. The molecule has 1 aromatic heterocycles. The number of hydrogen-bond acceptors (Lipinski definition) is 4. The molecule has 3 rings (SSSR count). The molecule has 0 spiro atoms. The fraction of sp³-hybridized carbons (Fsp3) is 0.200. The van der Waals surface area contributed by atoms with E-state index >= 15 is 0 Å². The van der Waals surface area contributed by atoms with Crippen LogP contribution in [0.4, 0.5) is 5.82 Å². The number of aromatic nitrogens is 2. The highest BCUT2D eigenvalue weighted by molar-refractivity contribution is 7.96. The van der Waals surface area contributed by atoms with Gasteiger partial charge >= 0.3 is 0 Å². The summed E-state index contributed by atoms with van der Waals surface area (Å²) >= 11 is 0. The first-order valence-corrected chi connectivity index (χ1v) is 8.23. The molecule has 7 heteroatoms. The van der Waals surface area contributed by atoms with Gasteiger partial charge in [-0.05, 0) is 30.0 Å². The molecule has 112 valence electrons. The number of fused-ring (bicyclic) bond motifs is 1. The molecule has 0 radical (unpaired) electrons. The maximum absolute atomic E-state index is 12.6. The third kappa shape index (κ3) is 2.49. The lowest BCUT2D eigenvalue weighted by atomic mass is 9.98. The summed E-state index contributed by atoms with van der Waals surface area (Å²) < 4.78 is 28.9. The number of rotatable bonds is 3. The Kier molecular flexibility index (Phi) is 3.47. The van der Waals surface area contributed by atoms with Crippen LogP contribution in [0.2, 0.25) is 0 Å². The van der Waals surface area contributed by atoms with E-state index in [0.717, 1.165) is 11.1 Å². The average Bonchev–Trinajstić information content (AvgIpc) is 2.86.